The van der Waals surface area contributed by atoms with E-state index in [4.69, 9.17) is 20.9 Å². The van der Waals surface area contributed by atoms with Crippen molar-refractivity contribution in [2.24, 2.45) is 0 Å². The number of carbonyl (C=O) groups is 1. The summed E-state index contributed by atoms with van der Waals surface area (Å²) < 4.78 is 11.6. The maximum atomic E-state index is 13.6. The van der Waals surface area contributed by atoms with Gasteiger partial charge in [0.15, 0.2) is 16.6 Å². The van der Waals surface area contributed by atoms with Gasteiger partial charge in [-0.25, -0.2) is 4.98 Å². The fourth-order valence-electron chi connectivity index (χ4n) is 3.35. The Balaban J connectivity index is 1.57. The molecule has 0 radical (unpaired) electrons. The number of rotatable bonds is 6. The van der Waals surface area contributed by atoms with Gasteiger partial charge in [0, 0.05) is 17.8 Å². The Morgan fingerprint density at radius 3 is 2.70 bits per heavy atom. The van der Waals surface area contributed by atoms with Crippen LogP contribution in [-0.4, -0.2) is 28.1 Å². The van der Waals surface area contributed by atoms with Crippen molar-refractivity contribution in [3.8, 4) is 17.1 Å². The number of methoxy groups -OCH3 is 1. The zero-order chi connectivity index (χ0) is 22.8. The van der Waals surface area contributed by atoms with Gasteiger partial charge >= 0.3 is 0 Å². The summed E-state index contributed by atoms with van der Waals surface area (Å²) in [5, 5.41) is 5.01. The van der Waals surface area contributed by atoms with Crippen molar-refractivity contribution < 1.29 is 14.1 Å². The summed E-state index contributed by atoms with van der Waals surface area (Å²) in [6.45, 7) is 0.201. The largest absolute Gasteiger partial charge is 0.494 e. The Morgan fingerprint density at radius 2 is 1.94 bits per heavy atom. The first kappa shape index (κ1) is 21.1. The van der Waals surface area contributed by atoms with Gasteiger partial charge in [-0.3, -0.25) is 14.7 Å². The average molecular weight is 477 g/mol. The van der Waals surface area contributed by atoms with Crippen LogP contribution in [0.5, 0.6) is 5.75 Å². The Kier molecular flexibility index (Phi) is 5.77. The molecule has 7 nitrogen and oxygen atoms in total. The van der Waals surface area contributed by atoms with E-state index in [1.54, 1.807) is 31.5 Å². The SMILES string of the molecule is COc1ccc(Cl)c2sc(N(Cc3ccccn3)C(=O)c3cc(-c4ccccc4)on3)nc12. The molecule has 0 aliphatic heterocycles. The first-order valence-electron chi connectivity index (χ1n) is 10.0. The first-order valence-corrected chi connectivity index (χ1v) is 11.2. The standard InChI is InChI=1S/C24H17ClN4O3S/c1-31-19-11-10-17(25)22-21(19)27-24(33-22)29(14-16-9-5-6-12-26-16)23(30)18-13-20(32-28-18)15-7-3-2-4-8-15/h2-13H,14H2,1H3. The van der Waals surface area contributed by atoms with E-state index in [9.17, 15) is 4.79 Å². The van der Waals surface area contributed by atoms with Gasteiger partial charge in [0.25, 0.3) is 5.91 Å². The molecular weight excluding hydrogens is 460 g/mol. The Labute approximate surface area is 198 Å². The number of ether oxygens (including phenoxy) is 1. The lowest BCUT2D eigenvalue weighted by atomic mass is 10.1. The van der Waals surface area contributed by atoms with E-state index in [1.165, 1.54) is 16.2 Å². The van der Waals surface area contributed by atoms with Crippen LogP contribution >= 0.6 is 22.9 Å². The maximum Gasteiger partial charge on any atom is 0.282 e. The van der Waals surface area contributed by atoms with Crippen molar-refractivity contribution in [3.05, 3.63) is 89.3 Å². The number of aromatic nitrogens is 3. The molecular formula is C24H17ClN4O3S. The van der Waals surface area contributed by atoms with Crippen LogP contribution in [0.1, 0.15) is 16.2 Å². The quantitative estimate of drug-likeness (QED) is 0.305. The third-order valence-electron chi connectivity index (χ3n) is 4.98. The predicted octanol–water partition coefficient (Wildman–Crippen LogP) is 5.86. The lowest BCUT2D eigenvalue weighted by Gasteiger charge is -2.18. The number of pyridine rings is 1. The van der Waals surface area contributed by atoms with E-state index in [0.717, 1.165) is 10.3 Å². The van der Waals surface area contributed by atoms with Gasteiger partial charge in [0.1, 0.15) is 11.3 Å². The summed E-state index contributed by atoms with van der Waals surface area (Å²) in [7, 11) is 1.57. The number of nitrogens with zero attached hydrogens (tertiary/aromatic N) is 4. The highest BCUT2D eigenvalue weighted by molar-refractivity contribution is 7.23. The van der Waals surface area contributed by atoms with Crippen molar-refractivity contribution in [1.29, 1.82) is 0 Å². The van der Waals surface area contributed by atoms with Crippen LogP contribution in [0, 0.1) is 0 Å². The summed E-state index contributed by atoms with van der Waals surface area (Å²) in [5.41, 5.74) is 2.29. The summed E-state index contributed by atoms with van der Waals surface area (Å²) >= 11 is 7.71. The number of amides is 1. The van der Waals surface area contributed by atoms with E-state index in [2.05, 4.69) is 15.1 Å². The van der Waals surface area contributed by atoms with Crippen LogP contribution < -0.4 is 9.64 Å². The molecule has 3 aromatic heterocycles. The Hall–Kier alpha value is -3.75. The molecule has 9 heteroatoms. The molecule has 0 fully saturated rings. The molecule has 0 atom stereocenters. The van der Waals surface area contributed by atoms with Crippen LogP contribution in [0.15, 0.2) is 77.4 Å². The molecule has 164 valence electrons. The number of thiazole rings is 1. The smallest absolute Gasteiger partial charge is 0.282 e. The minimum Gasteiger partial charge on any atom is -0.494 e. The molecule has 0 aliphatic rings. The Bertz CT molecular complexity index is 1420. The third kappa shape index (κ3) is 4.18. The highest BCUT2D eigenvalue weighted by Gasteiger charge is 2.26. The van der Waals surface area contributed by atoms with Gasteiger partial charge in [0.2, 0.25) is 0 Å². The summed E-state index contributed by atoms with van der Waals surface area (Å²) in [6.07, 6.45) is 1.68. The highest BCUT2D eigenvalue weighted by Crippen LogP contribution is 2.39. The topological polar surface area (TPSA) is 81.4 Å². The second kappa shape index (κ2) is 9.01. The van der Waals surface area contributed by atoms with Crippen LogP contribution in [0.4, 0.5) is 5.13 Å². The molecule has 0 N–H and O–H groups in total. The van der Waals surface area contributed by atoms with Gasteiger partial charge in [-0.05, 0) is 24.3 Å². The molecule has 0 spiro atoms. The molecule has 2 aromatic carbocycles. The van der Waals surface area contributed by atoms with E-state index in [-0.39, 0.29) is 18.1 Å². The number of carbonyl (C=O) groups excluding carboxylic acids is 1. The minimum absolute atomic E-state index is 0.169. The number of benzene rings is 2. The van der Waals surface area contributed by atoms with Crippen molar-refractivity contribution in [2.45, 2.75) is 6.54 Å². The molecule has 0 saturated heterocycles. The van der Waals surface area contributed by atoms with Crippen molar-refractivity contribution >= 4 is 44.2 Å². The van der Waals surface area contributed by atoms with Crippen LogP contribution in [0.25, 0.3) is 21.5 Å². The maximum absolute atomic E-state index is 13.6. The molecule has 0 unspecified atom stereocenters. The summed E-state index contributed by atoms with van der Waals surface area (Å²) in [5.74, 6) is 0.724. The van der Waals surface area contributed by atoms with Gasteiger partial charge in [-0.1, -0.05) is 64.5 Å². The van der Waals surface area contributed by atoms with Gasteiger partial charge in [-0.15, -0.1) is 0 Å². The summed E-state index contributed by atoms with van der Waals surface area (Å²) in [4.78, 5) is 24.2. The zero-order valence-corrected chi connectivity index (χ0v) is 19.0. The van der Waals surface area contributed by atoms with Crippen molar-refractivity contribution in [3.63, 3.8) is 0 Å². The van der Waals surface area contributed by atoms with Crippen molar-refractivity contribution in [2.75, 3.05) is 12.0 Å². The molecule has 33 heavy (non-hydrogen) atoms. The molecule has 0 aliphatic carbocycles. The molecule has 0 bridgehead atoms. The summed E-state index contributed by atoms with van der Waals surface area (Å²) in [6, 6.07) is 20.1. The average Bonchev–Trinajstić information content (AvgIpc) is 3.52. The van der Waals surface area contributed by atoms with Crippen molar-refractivity contribution in [1.82, 2.24) is 15.1 Å². The molecule has 5 rings (SSSR count). The number of hydrogen-bond donors (Lipinski definition) is 0. The third-order valence-corrected chi connectivity index (χ3v) is 6.52. The molecule has 1 amide bonds. The van der Waals surface area contributed by atoms with E-state index in [0.29, 0.717) is 32.9 Å². The number of anilines is 1. The van der Waals surface area contributed by atoms with E-state index < -0.39 is 0 Å². The van der Waals surface area contributed by atoms with E-state index >= 15 is 0 Å². The lowest BCUT2D eigenvalue weighted by molar-refractivity contribution is 0.0976. The predicted molar refractivity (Wildman–Crippen MR) is 128 cm³/mol. The monoisotopic (exact) mass is 476 g/mol. The van der Waals surface area contributed by atoms with Crippen LogP contribution in [0.2, 0.25) is 5.02 Å². The van der Waals surface area contributed by atoms with Crippen LogP contribution in [-0.2, 0) is 6.54 Å². The number of hydrogen-bond acceptors (Lipinski definition) is 7. The minimum atomic E-state index is -0.360. The lowest BCUT2D eigenvalue weighted by Crippen LogP contribution is -2.31. The normalized spacial score (nSPS) is 11.0. The second-order valence-corrected chi connectivity index (χ2v) is 8.46. The first-order chi connectivity index (χ1) is 16.1. The molecule has 5 aromatic rings. The zero-order valence-electron chi connectivity index (χ0n) is 17.4. The number of fused-ring (bicyclic) bond motifs is 1. The van der Waals surface area contributed by atoms with Gasteiger partial charge in [-0.2, -0.15) is 0 Å². The fourth-order valence-corrected chi connectivity index (χ4v) is 4.61. The second-order valence-electron chi connectivity index (χ2n) is 7.08. The highest BCUT2D eigenvalue weighted by atomic mass is 35.5. The van der Waals surface area contributed by atoms with Gasteiger partial charge in [0.05, 0.1) is 29.1 Å². The number of halogens is 1. The Morgan fingerprint density at radius 1 is 1.12 bits per heavy atom. The van der Waals surface area contributed by atoms with Gasteiger partial charge < -0.3 is 9.26 Å². The molecule has 0 saturated carbocycles. The van der Waals surface area contributed by atoms with Crippen LogP contribution in [0.3, 0.4) is 0 Å². The molecule has 3 heterocycles. The fraction of sp³-hybridized carbons (Fsp3) is 0.0833. The van der Waals surface area contributed by atoms with E-state index in [1.807, 2.05) is 48.5 Å².